The minimum atomic E-state index is 1.05. The zero-order valence-electron chi connectivity index (χ0n) is 15.7. The second-order valence-corrected chi connectivity index (χ2v) is 7.57. The predicted octanol–water partition coefficient (Wildman–Crippen LogP) is 5.70. The zero-order valence-corrected chi connectivity index (χ0v) is 17.3. The van der Waals surface area contributed by atoms with Gasteiger partial charge in [-0.2, -0.15) is 0 Å². The Morgan fingerprint density at radius 3 is 1.65 bits per heavy atom. The molecular formula is C17H28N4S2. The fraction of sp³-hybridized carbons (Fsp3) is 0.529. The first-order valence-electron chi connectivity index (χ1n) is 7.43. The highest BCUT2D eigenvalue weighted by Gasteiger charge is 1.91. The maximum absolute atomic E-state index is 4.27. The molecule has 4 nitrogen and oxygen atoms in total. The van der Waals surface area contributed by atoms with Crippen molar-refractivity contribution in [2.75, 3.05) is 0 Å². The molecule has 0 aromatic carbocycles. The number of aliphatic imine (C=N–C) groups is 1. The summed E-state index contributed by atoms with van der Waals surface area (Å²) in [5.41, 5.74) is 7.61. The SMILES string of the molecule is CC(C)=NC(C)=C(C)C.Cc1ncsc1C.Cc1nnsc1C. The number of aromatic nitrogens is 3. The Morgan fingerprint density at radius 1 is 0.913 bits per heavy atom. The molecule has 0 aliphatic heterocycles. The highest BCUT2D eigenvalue weighted by Crippen LogP contribution is 2.08. The summed E-state index contributed by atoms with van der Waals surface area (Å²) in [5.74, 6) is 0. The van der Waals surface area contributed by atoms with Crippen molar-refractivity contribution in [3.63, 3.8) is 0 Å². The lowest BCUT2D eigenvalue weighted by atomic mass is 10.3. The van der Waals surface area contributed by atoms with Crippen molar-refractivity contribution in [2.45, 2.75) is 62.3 Å². The highest BCUT2D eigenvalue weighted by atomic mass is 32.1. The van der Waals surface area contributed by atoms with E-state index in [0.29, 0.717) is 0 Å². The Morgan fingerprint density at radius 2 is 1.52 bits per heavy atom. The standard InChI is InChI=1S/C8H15N.C5H7NS.C4H6N2S/c1-6(2)8(5)9-7(3)4;1-4-5(2)7-3-6-4;1-3-4(2)7-6-5-3/h1-5H3;3H,1-2H3;1-2H3. The molecule has 0 fully saturated rings. The van der Waals surface area contributed by atoms with Crippen molar-refractivity contribution in [2.24, 2.45) is 4.99 Å². The van der Waals surface area contributed by atoms with E-state index in [1.54, 1.807) is 11.3 Å². The normalized spacial score (nSPS) is 9.09. The average Bonchev–Trinajstić information content (AvgIpc) is 3.00. The van der Waals surface area contributed by atoms with E-state index >= 15 is 0 Å². The number of allylic oxidation sites excluding steroid dienone is 2. The van der Waals surface area contributed by atoms with Crippen LogP contribution in [0, 0.1) is 27.7 Å². The summed E-state index contributed by atoms with van der Waals surface area (Å²) in [4.78, 5) is 10.8. The predicted molar refractivity (Wildman–Crippen MR) is 104 cm³/mol. The molecule has 0 saturated carbocycles. The van der Waals surface area contributed by atoms with Gasteiger partial charge < -0.3 is 0 Å². The smallest absolute Gasteiger partial charge is 0.0797 e. The largest absolute Gasteiger partial charge is 0.263 e. The summed E-state index contributed by atoms with van der Waals surface area (Å²) in [7, 11) is 0. The summed E-state index contributed by atoms with van der Waals surface area (Å²) in [6.07, 6.45) is 0. The van der Waals surface area contributed by atoms with Crippen LogP contribution in [0.4, 0.5) is 0 Å². The van der Waals surface area contributed by atoms with Gasteiger partial charge in [0.05, 0.1) is 16.9 Å². The van der Waals surface area contributed by atoms with Gasteiger partial charge >= 0.3 is 0 Å². The topological polar surface area (TPSA) is 51.0 Å². The third kappa shape index (κ3) is 10.1. The lowest BCUT2D eigenvalue weighted by Crippen LogP contribution is -1.82. The van der Waals surface area contributed by atoms with Gasteiger partial charge in [-0.3, -0.25) is 4.99 Å². The van der Waals surface area contributed by atoms with Gasteiger partial charge in [-0.1, -0.05) is 10.1 Å². The zero-order chi connectivity index (χ0) is 18.0. The Labute approximate surface area is 148 Å². The first kappa shape index (κ1) is 21.6. The number of hydrogen-bond acceptors (Lipinski definition) is 6. The van der Waals surface area contributed by atoms with Crippen LogP contribution in [-0.2, 0) is 0 Å². The first-order chi connectivity index (χ1) is 10.6. The molecule has 0 amide bonds. The fourth-order valence-electron chi connectivity index (χ4n) is 1.09. The molecule has 0 bridgehead atoms. The Balaban J connectivity index is 0.000000318. The van der Waals surface area contributed by atoms with Crippen LogP contribution >= 0.6 is 22.9 Å². The number of thiazole rings is 1. The summed E-state index contributed by atoms with van der Waals surface area (Å²) in [5, 5.41) is 3.78. The molecule has 23 heavy (non-hydrogen) atoms. The minimum Gasteiger partial charge on any atom is -0.263 e. The summed E-state index contributed by atoms with van der Waals surface area (Å²) in [6, 6.07) is 0. The average molecular weight is 353 g/mol. The maximum atomic E-state index is 4.27. The van der Waals surface area contributed by atoms with E-state index in [4.69, 9.17) is 0 Å². The second kappa shape index (κ2) is 11.2. The van der Waals surface area contributed by atoms with Gasteiger partial charge in [-0.25, -0.2) is 4.98 Å². The molecule has 2 rings (SSSR count). The van der Waals surface area contributed by atoms with E-state index in [1.807, 2.05) is 47.1 Å². The lowest BCUT2D eigenvalue weighted by molar-refractivity contribution is 1.08. The Hall–Kier alpha value is -1.40. The van der Waals surface area contributed by atoms with E-state index in [2.05, 4.69) is 40.3 Å². The molecule has 0 spiro atoms. The van der Waals surface area contributed by atoms with Crippen LogP contribution in [0.1, 0.15) is 55.8 Å². The maximum Gasteiger partial charge on any atom is 0.0797 e. The van der Waals surface area contributed by atoms with E-state index in [9.17, 15) is 0 Å². The number of nitrogens with zero attached hydrogens (tertiary/aromatic N) is 4. The lowest BCUT2D eigenvalue weighted by Gasteiger charge is -1.95. The molecular weight excluding hydrogens is 324 g/mol. The monoisotopic (exact) mass is 352 g/mol. The molecule has 0 radical (unpaired) electrons. The van der Waals surface area contributed by atoms with E-state index in [0.717, 1.165) is 22.8 Å². The van der Waals surface area contributed by atoms with Gasteiger partial charge in [0.15, 0.2) is 0 Å². The third-order valence-corrected chi connectivity index (χ3v) is 4.57. The van der Waals surface area contributed by atoms with Crippen LogP contribution in [0.2, 0.25) is 0 Å². The minimum absolute atomic E-state index is 1.05. The molecule has 128 valence electrons. The van der Waals surface area contributed by atoms with E-state index < -0.39 is 0 Å². The molecule has 2 aromatic heterocycles. The van der Waals surface area contributed by atoms with E-state index in [1.165, 1.54) is 26.9 Å². The first-order valence-corrected chi connectivity index (χ1v) is 9.08. The van der Waals surface area contributed by atoms with Crippen LogP contribution in [-0.4, -0.2) is 20.3 Å². The molecule has 0 aliphatic carbocycles. The third-order valence-electron chi connectivity index (χ3n) is 2.98. The van der Waals surface area contributed by atoms with Crippen LogP contribution in [0.5, 0.6) is 0 Å². The van der Waals surface area contributed by atoms with Crippen LogP contribution < -0.4 is 0 Å². The van der Waals surface area contributed by atoms with Crippen molar-refractivity contribution in [3.05, 3.63) is 37.9 Å². The van der Waals surface area contributed by atoms with Gasteiger partial charge in [0.2, 0.25) is 0 Å². The Bertz CT molecular complexity index is 572. The Kier molecular flexibility index (Phi) is 10.5. The van der Waals surface area contributed by atoms with Gasteiger partial charge in [0.1, 0.15) is 0 Å². The summed E-state index contributed by atoms with van der Waals surface area (Å²) >= 11 is 3.14. The van der Waals surface area contributed by atoms with Gasteiger partial charge in [-0.05, 0) is 73.8 Å². The number of hydrogen-bond donors (Lipinski definition) is 0. The van der Waals surface area contributed by atoms with E-state index in [-0.39, 0.29) is 0 Å². The van der Waals surface area contributed by atoms with Gasteiger partial charge in [-0.15, -0.1) is 16.4 Å². The van der Waals surface area contributed by atoms with Gasteiger partial charge in [0, 0.05) is 21.2 Å². The number of rotatable bonds is 1. The molecule has 0 atom stereocenters. The van der Waals surface area contributed by atoms with Crippen molar-refractivity contribution in [1.82, 2.24) is 14.6 Å². The highest BCUT2D eigenvalue weighted by molar-refractivity contribution is 7.09. The second-order valence-electron chi connectivity index (χ2n) is 5.55. The molecule has 0 aliphatic rings. The summed E-state index contributed by atoms with van der Waals surface area (Å²) in [6.45, 7) is 18.3. The molecule has 0 saturated heterocycles. The van der Waals surface area contributed by atoms with Crippen molar-refractivity contribution in [3.8, 4) is 0 Å². The number of aryl methyl sites for hydroxylation is 4. The summed E-state index contributed by atoms with van der Waals surface area (Å²) < 4.78 is 3.71. The molecule has 0 N–H and O–H groups in total. The van der Waals surface area contributed by atoms with Gasteiger partial charge in [0.25, 0.3) is 0 Å². The van der Waals surface area contributed by atoms with Crippen LogP contribution in [0.3, 0.4) is 0 Å². The van der Waals surface area contributed by atoms with Crippen LogP contribution in [0.25, 0.3) is 0 Å². The quantitative estimate of drug-likeness (QED) is 0.619. The molecule has 6 heteroatoms. The van der Waals surface area contributed by atoms with Crippen molar-refractivity contribution in [1.29, 1.82) is 0 Å². The van der Waals surface area contributed by atoms with Crippen molar-refractivity contribution >= 4 is 28.6 Å². The fourth-order valence-corrected chi connectivity index (χ4v) is 2.14. The van der Waals surface area contributed by atoms with Crippen LogP contribution in [0.15, 0.2) is 21.8 Å². The molecule has 2 aromatic rings. The molecule has 2 heterocycles. The van der Waals surface area contributed by atoms with Crippen molar-refractivity contribution < 1.29 is 0 Å². The molecule has 0 unspecified atom stereocenters.